The molecule has 3 atom stereocenters. The molecule has 2 aromatic carbocycles. The van der Waals surface area contributed by atoms with Crippen molar-refractivity contribution in [3.05, 3.63) is 70.8 Å². The number of piperidine rings is 1. The first-order valence-corrected chi connectivity index (χ1v) is 14.7. The highest BCUT2D eigenvalue weighted by molar-refractivity contribution is 6.05. The molecule has 2 N–H and O–H groups in total. The fourth-order valence-electron chi connectivity index (χ4n) is 8.33. The summed E-state index contributed by atoms with van der Waals surface area (Å²) in [6.45, 7) is 0.719. The Balaban J connectivity index is 1.00. The highest BCUT2D eigenvalue weighted by Crippen LogP contribution is 2.81. The predicted molar refractivity (Wildman–Crippen MR) is 145 cm³/mol. The maximum Gasteiger partial charge on any atom is 0.264 e. The van der Waals surface area contributed by atoms with E-state index >= 15 is 8.78 Å². The average Bonchev–Trinajstić information content (AvgIpc) is 3.24. The van der Waals surface area contributed by atoms with Crippen LogP contribution in [0.3, 0.4) is 0 Å². The van der Waals surface area contributed by atoms with Gasteiger partial charge >= 0.3 is 0 Å². The fourth-order valence-corrected chi connectivity index (χ4v) is 8.33. The fraction of sp³-hybridized carbons (Fsp3) is 0.531. The van der Waals surface area contributed by atoms with Gasteiger partial charge in [-0.3, -0.25) is 19.7 Å². The lowest BCUT2D eigenvalue weighted by molar-refractivity contribution is -0.368. The molecule has 2 bridgehead atoms. The monoisotopic (exact) mass is 547 g/mol. The van der Waals surface area contributed by atoms with E-state index < -0.39 is 28.7 Å². The Hall–Kier alpha value is -3.13. The van der Waals surface area contributed by atoms with E-state index in [0.717, 1.165) is 48.8 Å². The molecule has 2 heterocycles. The summed E-state index contributed by atoms with van der Waals surface area (Å²) in [7, 11) is 0. The van der Waals surface area contributed by atoms with Crippen LogP contribution in [-0.2, 0) is 28.0 Å². The van der Waals surface area contributed by atoms with Crippen molar-refractivity contribution in [2.75, 3.05) is 6.54 Å². The van der Waals surface area contributed by atoms with Crippen molar-refractivity contribution in [1.82, 2.24) is 15.5 Å². The molecule has 0 radical (unpaired) electrons. The molecule has 0 spiro atoms. The van der Waals surface area contributed by atoms with E-state index in [2.05, 4.69) is 16.7 Å². The molecule has 6 nitrogen and oxygen atoms in total. The van der Waals surface area contributed by atoms with Crippen LogP contribution in [0.5, 0.6) is 0 Å². The van der Waals surface area contributed by atoms with Gasteiger partial charge in [-0.1, -0.05) is 55.3 Å². The van der Waals surface area contributed by atoms with Gasteiger partial charge in [0.1, 0.15) is 6.04 Å². The van der Waals surface area contributed by atoms with E-state index in [1.807, 2.05) is 42.5 Å². The normalized spacial score (nSPS) is 34.1. The Labute approximate surface area is 232 Å². The molecule has 1 saturated heterocycles. The zero-order chi connectivity index (χ0) is 27.7. The lowest BCUT2D eigenvalue weighted by atomic mass is 9.30. The molecule has 40 heavy (non-hydrogen) atoms. The second kappa shape index (κ2) is 9.20. The van der Waals surface area contributed by atoms with Crippen molar-refractivity contribution < 1.29 is 23.2 Å². The van der Waals surface area contributed by atoms with Crippen molar-refractivity contribution in [2.24, 2.45) is 11.3 Å². The molecule has 210 valence electrons. The number of benzene rings is 2. The summed E-state index contributed by atoms with van der Waals surface area (Å²) < 4.78 is 30.9. The third-order valence-corrected chi connectivity index (χ3v) is 10.6. The third kappa shape index (κ3) is 3.71. The minimum Gasteiger partial charge on any atom is -0.322 e. The number of amides is 3. The van der Waals surface area contributed by atoms with Crippen LogP contribution in [0.1, 0.15) is 78.4 Å². The standard InChI is InChI=1S/C32H35F2N3O3/c33-32(34)30(17-31(32,18-30)23-7-2-1-3-8-23)19-35-25-9-5-4-6-21(25)14-20-10-11-24-22(15-20)16-37(29(24)40)26-12-13-27(38)36-28(26)39/h1-3,7-8,10-11,15,21,25-26,35H,4-6,9,12-14,16-19H2,(H,36,38,39)/t21-,25+,26?,30?,31?/m1/s1. The van der Waals surface area contributed by atoms with Crippen LogP contribution < -0.4 is 10.6 Å². The molecule has 4 aliphatic carbocycles. The third-order valence-electron chi connectivity index (χ3n) is 10.6. The number of alkyl halides is 2. The van der Waals surface area contributed by atoms with Crippen LogP contribution in [0.25, 0.3) is 0 Å². The second-order valence-electron chi connectivity index (χ2n) is 12.8. The number of rotatable bonds is 7. The smallest absolute Gasteiger partial charge is 0.264 e. The number of nitrogens with one attached hydrogen (secondary N) is 2. The Morgan fingerprint density at radius 2 is 1.75 bits per heavy atom. The van der Waals surface area contributed by atoms with E-state index in [1.165, 1.54) is 0 Å². The van der Waals surface area contributed by atoms with Gasteiger partial charge < -0.3 is 10.2 Å². The lowest BCUT2D eigenvalue weighted by Gasteiger charge is -2.76. The minimum atomic E-state index is -2.68. The SMILES string of the molecule is O=C1CCC(N2Cc3cc(C[C@H]4CCCC[C@@H]4NCC45CC(c6ccccc6)(C4)C5(F)F)ccc3C2=O)C(=O)N1. The topological polar surface area (TPSA) is 78.5 Å². The van der Waals surface area contributed by atoms with Crippen molar-refractivity contribution in [1.29, 1.82) is 0 Å². The number of imide groups is 1. The number of fused-ring (bicyclic) bond motifs is 1. The van der Waals surface area contributed by atoms with Gasteiger partial charge in [0.05, 0.1) is 5.41 Å². The Morgan fingerprint density at radius 3 is 2.50 bits per heavy atom. The summed E-state index contributed by atoms with van der Waals surface area (Å²) in [6.07, 6.45) is 6.77. The number of halogens is 2. The summed E-state index contributed by atoms with van der Waals surface area (Å²) in [5.74, 6) is -3.20. The number of carbonyl (C=O) groups excluding carboxylic acids is 3. The molecule has 8 heteroatoms. The number of hydrogen-bond acceptors (Lipinski definition) is 4. The molecule has 3 amide bonds. The Morgan fingerprint density at radius 1 is 0.975 bits per heavy atom. The molecule has 4 saturated carbocycles. The van der Waals surface area contributed by atoms with Gasteiger partial charge in [-0.2, -0.15) is 0 Å². The van der Waals surface area contributed by atoms with E-state index in [4.69, 9.17) is 0 Å². The van der Waals surface area contributed by atoms with Gasteiger partial charge in [0.2, 0.25) is 11.8 Å². The van der Waals surface area contributed by atoms with Crippen molar-refractivity contribution in [3.63, 3.8) is 0 Å². The first-order chi connectivity index (χ1) is 19.2. The van der Waals surface area contributed by atoms with Gasteiger partial charge in [0.15, 0.2) is 0 Å². The molecule has 6 aliphatic rings. The Bertz CT molecular complexity index is 1370. The van der Waals surface area contributed by atoms with Crippen LogP contribution in [-0.4, -0.2) is 47.2 Å². The number of carbonyl (C=O) groups is 3. The van der Waals surface area contributed by atoms with Crippen LogP contribution >= 0.6 is 0 Å². The molecule has 1 unspecified atom stereocenters. The van der Waals surface area contributed by atoms with E-state index in [9.17, 15) is 14.4 Å². The van der Waals surface area contributed by atoms with Gasteiger partial charge in [-0.15, -0.1) is 0 Å². The summed E-state index contributed by atoms with van der Waals surface area (Å²) in [5, 5.41) is 5.95. The number of hydrogen-bond donors (Lipinski definition) is 2. The summed E-state index contributed by atoms with van der Waals surface area (Å²) in [5.41, 5.74) is 1.51. The highest BCUT2D eigenvalue weighted by atomic mass is 19.3. The molecular weight excluding hydrogens is 512 g/mol. The van der Waals surface area contributed by atoms with Gasteiger partial charge in [0, 0.05) is 36.5 Å². The maximum absolute atomic E-state index is 15.4. The highest BCUT2D eigenvalue weighted by Gasteiger charge is 2.88. The first-order valence-electron chi connectivity index (χ1n) is 14.7. The van der Waals surface area contributed by atoms with E-state index in [0.29, 0.717) is 43.8 Å². The molecule has 2 aliphatic heterocycles. The first kappa shape index (κ1) is 25.8. The quantitative estimate of drug-likeness (QED) is 0.501. The lowest BCUT2D eigenvalue weighted by Crippen LogP contribution is -2.83. The van der Waals surface area contributed by atoms with Crippen LogP contribution in [0.4, 0.5) is 8.78 Å². The molecule has 0 aromatic heterocycles. The van der Waals surface area contributed by atoms with Crippen molar-refractivity contribution in [3.8, 4) is 0 Å². The number of nitrogens with zero attached hydrogens (tertiary/aromatic N) is 1. The average molecular weight is 548 g/mol. The zero-order valence-corrected chi connectivity index (χ0v) is 22.6. The van der Waals surface area contributed by atoms with Crippen LogP contribution in [0.2, 0.25) is 0 Å². The summed E-state index contributed by atoms with van der Waals surface area (Å²) in [6, 6.07) is 14.8. The predicted octanol–water partition coefficient (Wildman–Crippen LogP) is 4.51. The van der Waals surface area contributed by atoms with E-state index in [1.54, 1.807) is 4.90 Å². The zero-order valence-electron chi connectivity index (χ0n) is 22.6. The van der Waals surface area contributed by atoms with Crippen LogP contribution in [0.15, 0.2) is 48.5 Å². The van der Waals surface area contributed by atoms with Gasteiger partial charge in [-0.05, 0) is 67.2 Å². The summed E-state index contributed by atoms with van der Waals surface area (Å²) in [4.78, 5) is 38.5. The molecular formula is C32H35F2N3O3. The van der Waals surface area contributed by atoms with E-state index in [-0.39, 0.29) is 24.3 Å². The maximum atomic E-state index is 15.4. The largest absolute Gasteiger partial charge is 0.322 e. The van der Waals surface area contributed by atoms with Gasteiger partial charge in [0.25, 0.3) is 11.8 Å². The molecule has 2 aromatic rings. The second-order valence-corrected chi connectivity index (χ2v) is 12.8. The molecule has 8 rings (SSSR count). The van der Waals surface area contributed by atoms with Gasteiger partial charge in [-0.25, -0.2) is 8.78 Å². The molecule has 5 fully saturated rings. The summed E-state index contributed by atoms with van der Waals surface area (Å²) >= 11 is 0. The van der Waals surface area contributed by atoms with Crippen molar-refractivity contribution in [2.45, 2.75) is 87.8 Å². The minimum absolute atomic E-state index is 0.166. The Kier molecular flexibility index (Phi) is 5.93. The van der Waals surface area contributed by atoms with Crippen molar-refractivity contribution >= 4 is 17.7 Å². The van der Waals surface area contributed by atoms with Crippen LogP contribution in [0, 0.1) is 11.3 Å².